The van der Waals surface area contributed by atoms with E-state index in [1.807, 2.05) is 7.05 Å². The van der Waals surface area contributed by atoms with Crippen molar-refractivity contribution in [1.29, 1.82) is 0 Å². The van der Waals surface area contributed by atoms with Crippen LogP contribution in [0.2, 0.25) is 0 Å². The monoisotopic (exact) mass is 351 g/mol. The van der Waals surface area contributed by atoms with E-state index in [2.05, 4.69) is 47.2 Å². The Labute approximate surface area is 133 Å². The molecule has 0 saturated carbocycles. The van der Waals surface area contributed by atoms with Gasteiger partial charge >= 0.3 is 0 Å². The average Bonchev–Trinajstić information content (AvgIpc) is 2.46. The molecule has 0 amide bonds. The Hall–Kier alpha value is -1.39. The van der Waals surface area contributed by atoms with Gasteiger partial charge in [-0.05, 0) is 61.3 Å². The zero-order chi connectivity index (χ0) is 15.6. The topological polar surface area (TPSA) is 21.3 Å². The molecule has 2 rings (SSSR count). The van der Waals surface area contributed by atoms with E-state index < -0.39 is 0 Å². The van der Waals surface area contributed by atoms with Gasteiger partial charge in [0.1, 0.15) is 0 Å². The number of benzene rings is 2. The molecule has 0 aliphatic heterocycles. The summed E-state index contributed by atoms with van der Waals surface area (Å²) in [6.07, 6.45) is 0. The number of rotatable bonds is 4. The van der Waals surface area contributed by atoms with Crippen LogP contribution in [0.25, 0.3) is 0 Å². The highest BCUT2D eigenvalue weighted by atomic mass is 79.9. The molecule has 0 bridgehead atoms. The summed E-state index contributed by atoms with van der Waals surface area (Å²) in [4.78, 5) is 0. The summed E-state index contributed by atoms with van der Waals surface area (Å²) in [5.74, 6) is -0.0842. The molecule has 21 heavy (non-hydrogen) atoms. The first-order valence-corrected chi connectivity index (χ1v) is 7.54. The van der Waals surface area contributed by atoms with E-state index in [4.69, 9.17) is 4.74 Å². The molecule has 4 heteroatoms. The quantitative estimate of drug-likeness (QED) is 0.873. The highest BCUT2D eigenvalue weighted by Gasteiger charge is 2.17. The van der Waals surface area contributed by atoms with Crippen LogP contribution in [0.3, 0.4) is 0 Å². The van der Waals surface area contributed by atoms with Gasteiger partial charge in [0.15, 0.2) is 11.6 Å². The number of hydrogen-bond donors (Lipinski definition) is 1. The molecule has 0 aromatic heterocycles. The van der Waals surface area contributed by atoms with E-state index in [0.29, 0.717) is 0 Å². The largest absolute Gasteiger partial charge is 0.494 e. The van der Waals surface area contributed by atoms with Crippen LogP contribution in [0, 0.1) is 19.7 Å². The molecule has 1 unspecified atom stereocenters. The zero-order valence-electron chi connectivity index (χ0n) is 12.6. The van der Waals surface area contributed by atoms with Crippen molar-refractivity contribution in [2.45, 2.75) is 19.9 Å². The number of aryl methyl sites for hydroxylation is 2. The van der Waals surface area contributed by atoms with Gasteiger partial charge in [0.05, 0.1) is 13.2 Å². The van der Waals surface area contributed by atoms with Crippen molar-refractivity contribution in [3.8, 4) is 5.75 Å². The first-order valence-electron chi connectivity index (χ1n) is 6.75. The lowest BCUT2D eigenvalue weighted by Gasteiger charge is -2.21. The van der Waals surface area contributed by atoms with Crippen LogP contribution in [-0.2, 0) is 0 Å². The lowest BCUT2D eigenvalue weighted by molar-refractivity contribution is 0.385. The molecular weight excluding hydrogens is 333 g/mol. The molecule has 2 aromatic rings. The van der Waals surface area contributed by atoms with Crippen LogP contribution in [0.4, 0.5) is 4.39 Å². The van der Waals surface area contributed by atoms with E-state index in [1.54, 1.807) is 12.1 Å². The molecule has 0 aliphatic carbocycles. The summed E-state index contributed by atoms with van der Waals surface area (Å²) in [5.41, 5.74) is 4.49. The third-order valence-corrected chi connectivity index (χ3v) is 4.51. The molecular formula is C17H19BrFNO. The number of ether oxygens (including phenoxy) is 1. The Bertz CT molecular complexity index is 657. The Kier molecular flexibility index (Phi) is 5.01. The Morgan fingerprint density at radius 3 is 2.48 bits per heavy atom. The summed E-state index contributed by atoms with van der Waals surface area (Å²) in [5, 5.41) is 3.30. The molecule has 112 valence electrons. The highest BCUT2D eigenvalue weighted by Crippen LogP contribution is 2.31. The predicted molar refractivity (Wildman–Crippen MR) is 87.5 cm³/mol. The number of nitrogens with one attached hydrogen (secondary N) is 1. The van der Waals surface area contributed by atoms with Crippen LogP contribution in [-0.4, -0.2) is 14.2 Å². The minimum Gasteiger partial charge on any atom is -0.494 e. The lowest BCUT2D eigenvalue weighted by Crippen LogP contribution is -2.19. The van der Waals surface area contributed by atoms with Crippen molar-refractivity contribution in [3.63, 3.8) is 0 Å². The molecule has 0 saturated heterocycles. The molecule has 2 nitrogen and oxygen atoms in total. The molecule has 0 spiro atoms. The first kappa shape index (κ1) is 16.0. The first-order chi connectivity index (χ1) is 9.97. The van der Waals surface area contributed by atoms with Crippen molar-refractivity contribution in [1.82, 2.24) is 5.32 Å². The van der Waals surface area contributed by atoms with Gasteiger partial charge < -0.3 is 10.1 Å². The number of hydrogen-bond acceptors (Lipinski definition) is 2. The van der Waals surface area contributed by atoms with E-state index >= 15 is 0 Å². The minimum absolute atomic E-state index is 0.00806. The number of halogens is 2. The molecule has 0 fully saturated rings. The van der Waals surface area contributed by atoms with E-state index in [9.17, 15) is 4.39 Å². The smallest absolute Gasteiger partial charge is 0.165 e. The molecule has 0 aliphatic rings. The second-order valence-corrected chi connectivity index (χ2v) is 5.93. The van der Waals surface area contributed by atoms with Gasteiger partial charge in [0, 0.05) is 4.47 Å². The van der Waals surface area contributed by atoms with Gasteiger partial charge in [-0.15, -0.1) is 0 Å². The van der Waals surface area contributed by atoms with E-state index in [-0.39, 0.29) is 17.6 Å². The molecule has 1 N–H and O–H groups in total. The molecule has 2 aromatic carbocycles. The SMILES string of the molecule is CNC(c1ccc(F)c(OC)c1)c1cc(C)c(Br)cc1C. The van der Waals surface area contributed by atoms with Gasteiger partial charge in [-0.2, -0.15) is 0 Å². The van der Waals surface area contributed by atoms with Crippen molar-refractivity contribution in [2.75, 3.05) is 14.2 Å². The molecule has 0 heterocycles. The van der Waals surface area contributed by atoms with Crippen LogP contribution in [0.15, 0.2) is 34.8 Å². The maximum atomic E-state index is 13.6. The summed E-state index contributed by atoms with van der Waals surface area (Å²) >= 11 is 3.55. The summed E-state index contributed by atoms with van der Waals surface area (Å²) in [6.45, 7) is 4.13. The van der Waals surface area contributed by atoms with Crippen molar-refractivity contribution >= 4 is 15.9 Å². The summed E-state index contributed by atoms with van der Waals surface area (Å²) in [6, 6.07) is 9.22. The van der Waals surface area contributed by atoms with Crippen LogP contribution < -0.4 is 10.1 Å². The maximum absolute atomic E-state index is 13.6. The van der Waals surface area contributed by atoms with Crippen molar-refractivity contribution in [2.24, 2.45) is 0 Å². The van der Waals surface area contributed by atoms with Crippen LogP contribution in [0.5, 0.6) is 5.75 Å². The predicted octanol–water partition coefficient (Wildman–Crippen LogP) is 4.52. The average molecular weight is 352 g/mol. The van der Waals surface area contributed by atoms with Crippen molar-refractivity contribution < 1.29 is 9.13 Å². The van der Waals surface area contributed by atoms with Crippen molar-refractivity contribution in [3.05, 3.63) is 62.9 Å². The normalized spacial score (nSPS) is 12.3. The fourth-order valence-electron chi connectivity index (χ4n) is 2.47. The fourth-order valence-corrected chi connectivity index (χ4v) is 2.93. The van der Waals surface area contributed by atoms with Crippen LogP contribution in [0.1, 0.15) is 28.3 Å². The van der Waals surface area contributed by atoms with Gasteiger partial charge in [-0.1, -0.05) is 28.1 Å². The maximum Gasteiger partial charge on any atom is 0.165 e. The molecule has 1 atom stereocenters. The van der Waals surface area contributed by atoms with E-state index in [1.165, 1.54) is 29.9 Å². The minimum atomic E-state index is -0.347. The highest BCUT2D eigenvalue weighted by molar-refractivity contribution is 9.10. The molecule has 0 radical (unpaired) electrons. The van der Waals surface area contributed by atoms with E-state index in [0.717, 1.165) is 10.0 Å². The summed E-state index contributed by atoms with van der Waals surface area (Å²) < 4.78 is 19.8. The lowest BCUT2D eigenvalue weighted by atomic mass is 9.93. The number of methoxy groups -OCH3 is 1. The Balaban J connectivity index is 2.52. The summed E-state index contributed by atoms with van der Waals surface area (Å²) in [7, 11) is 3.38. The third kappa shape index (κ3) is 3.27. The second kappa shape index (κ2) is 6.58. The Morgan fingerprint density at radius 2 is 1.86 bits per heavy atom. The second-order valence-electron chi connectivity index (χ2n) is 5.07. The van der Waals surface area contributed by atoms with Gasteiger partial charge in [-0.3, -0.25) is 0 Å². The Morgan fingerprint density at radius 1 is 1.14 bits per heavy atom. The third-order valence-electron chi connectivity index (χ3n) is 3.66. The standard InChI is InChI=1S/C17H19BrFNO/c1-10-8-14(18)11(2)7-13(10)17(20-3)12-5-6-15(19)16(9-12)21-4/h5-9,17,20H,1-4H3. The van der Waals surface area contributed by atoms with Gasteiger partial charge in [-0.25, -0.2) is 4.39 Å². The fraction of sp³-hybridized carbons (Fsp3) is 0.294. The van der Waals surface area contributed by atoms with Gasteiger partial charge in [0.25, 0.3) is 0 Å². The zero-order valence-corrected chi connectivity index (χ0v) is 14.2. The van der Waals surface area contributed by atoms with Gasteiger partial charge in [0.2, 0.25) is 0 Å². The van der Waals surface area contributed by atoms with Crippen LogP contribution >= 0.6 is 15.9 Å².